The molecule has 5 rings (SSSR count). The summed E-state index contributed by atoms with van der Waals surface area (Å²) in [6.45, 7) is 1.44. The molecule has 1 aromatic carbocycles. The van der Waals surface area contributed by atoms with E-state index in [9.17, 15) is 15.0 Å². The van der Waals surface area contributed by atoms with Crippen molar-refractivity contribution < 1.29 is 15.0 Å². The number of carbonyl (C=O) groups excluding carboxylic acids is 1. The highest BCUT2D eigenvalue weighted by atomic mass is 16.3. The fraction of sp³-hybridized carbons (Fsp3) is 0.435. The van der Waals surface area contributed by atoms with Crippen LogP contribution in [0.25, 0.3) is 33.5 Å². The predicted octanol–water partition coefficient (Wildman–Crippen LogP) is 1.03. The van der Waals surface area contributed by atoms with Gasteiger partial charge in [-0.25, -0.2) is 15.0 Å². The molecule has 178 valence electrons. The zero-order valence-corrected chi connectivity index (χ0v) is 19.3. The summed E-state index contributed by atoms with van der Waals surface area (Å²) in [4.78, 5) is 37.3. The highest BCUT2D eigenvalue weighted by Gasteiger charge is 2.34. The van der Waals surface area contributed by atoms with E-state index in [4.69, 9.17) is 4.98 Å². The molecule has 34 heavy (non-hydrogen) atoms. The molecule has 1 fully saturated rings. The molecule has 0 bridgehead atoms. The molecule has 3 aromatic heterocycles. The van der Waals surface area contributed by atoms with Crippen LogP contribution in [-0.4, -0.2) is 90.9 Å². The standard InChI is InChI=1S/C23H28N8O3/c1-29(2)18(34)10-31-14-26-16-9-15(3-4-17(16)31)19-20-21(25-13-24-20)28-22(27-19)30-7-5-23(11-32,12-33)6-8-30/h3-4,9,13-14,32-33H,5-8,10-12H2,1-2H3,(H,24,25,27,28). The molecule has 1 aliphatic heterocycles. The number of hydrogen-bond donors (Lipinski definition) is 3. The number of piperidine rings is 1. The summed E-state index contributed by atoms with van der Waals surface area (Å²) >= 11 is 0. The third-order valence-electron chi connectivity index (χ3n) is 6.75. The maximum absolute atomic E-state index is 12.1. The lowest BCUT2D eigenvalue weighted by Gasteiger charge is -2.39. The Hall–Kier alpha value is -3.57. The summed E-state index contributed by atoms with van der Waals surface area (Å²) in [6.07, 6.45) is 4.60. The molecule has 0 saturated carbocycles. The Morgan fingerprint density at radius 1 is 1.15 bits per heavy atom. The number of aliphatic hydroxyl groups excluding tert-OH is 2. The smallest absolute Gasteiger partial charge is 0.242 e. The second kappa shape index (κ2) is 8.65. The Balaban J connectivity index is 1.49. The van der Waals surface area contributed by atoms with Gasteiger partial charge in [-0.2, -0.15) is 4.98 Å². The Kier molecular flexibility index (Phi) is 5.66. The normalized spacial score (nSPS) is 15.8. The second-order valence-electron chi connectivity index (χ2n) is 9.14. The summed E-state index contributed by atoms with van der Waals surface area (Å²) in [5.74, 6) is 0.567. The van der Waals surface area contributed by atoms with Crippen molar-refractivity contribution in [3.63, 3.8) is 0 Å². The second-order valence-corrected chi connectivity index (χ2v) is 9.14. The first-order valence-electron chi connectivity index (χ1n) is 11.3. The number of imidazole rings is 2. The number of likely N-dealkylation sites (N-methyl/N-ethyl adjacent to an activating group) is 1. The maximum atomic E-state index is 12.1. The van der Waals surface area contributed by atoms with E-state index in [0.29, 0.717) is 37.5 Å². The molecular formula is C23H28N8O3. The van der Waals surface area contributed by atoms with Crippen molar-refractivity contribution in [3.05, 3.63) is 30.9 Å². The van der Waals surface area contributed by atoms with E-state index in [-0.39, 0.29) is 25.7 Å². The number of fused-ring (bicyclic) bond motifs is 2. The molecule has 0 unspecified atom stereocenters. The summed E-state index contributed by atoms with van der Waals surface area (Å²) in [6, 6.07) is 5.87. The van der Waals surface area contributed by atoms with Crippen LogP contribution in [0.15, 0.2) is 30.9 Å². The van der Waals surface area contributed by atoms with Crippen LogP contribution in [0.3, 0.4) is 0 Å². The van der Waals surface area contributed by atoms with E-state index in [0.717, 1.165) is 27.8 Å². The molecule has 0 spiro atoms. The molecular weight excluding hydrogens is 436 g/mol. The first kappa shape index (κ1) is 22.2. The van der Waals surface area contributed by atoms with E-state index >= 15 is 0 Å². The highest BCUT2D eigenvalue weighted by Crippen LogP contribution is 2.34. The van der Waals surface area contributed by atoms with Crippen LogP contribution < -0.4 is 4.90 Å². The fourth-order valence-corrected chi connectivity index (χ4v) is 4.34. The van der Waals surface area contributed by atoms with Gasteiger partial charge in [-0.1, -0.05) is 6.07 Å². The van der Waals surface area contributed by atoms with E-state index in [2.05, 4.69) is 24.8 Å². The van der Waals surface area contributed by atoms with Gasteiger partial charge in [-0.05, 0) is 25.0 Å². The number of aromatic amines is 1. The molecule has 11 nitrogen and oxygen atoms in total. The Labute approximate surface area is 196 Å². The SMILES string of the molecule is CN(C)C(=O)Cn1cnc2cc(-c3nc(N4CCC(CO)(CO)CC4)nc4nc[nH]c34)ccc21. The topological polar surface area (TPSA) is 136 Å². The number of nitrogens with one attached hydrogen (secondary N) is 1. The molecule has 1 aliphatic rings. The van der Waals surface area contributed by atoms with Crippen molar-refractivity contribution in [2.45, 2.75) is 19.4 Å². The lowest BCUT2D eigenvalue weighted by atomic mass is 9.80. The van der Waals surface area contributed by atoms with E-state index in [1.165, 1.54) is 0 Å². The molecule has 1 amide bonds. The average Bonchev–Trinajstić information content (AvgIpc) is 3.50. The molecule has 0 radical (unpaired) electrons. The number of carbonyl (C=O) groups is 1. The number of amides is 1. The number of hydrogen-bond acceptors (Lipinski definition) is 8. The number of benzene rings is 1. The molecule has 0 atom stereocenters. The first-order valence-corrected chi connectivity index (χ1v) is 11.3. The predicted molar refractivity (Wildman–Crippen MR) is 127 cm³/mol. The van der Waals surface area contributed by atoms with Crippen LogP contribution in [0, 0.1) is 5.41 Å². The van der Waals surface area contributed by atoms with Gasteiger partial charge in [0, 0.05) is 38.2 Å². The van der Waals surface area contributed by atoms with Gasteiger partial charge in [0.1, 0.15) is 17.8 Å². The Morgan fingerprint density at radius 2 is 1.91 bits per heavy atom. The van der Waals surface area contributed by atoms with Crippen LogP contribution in [-0.2, 0) is 11.3 Å². The van der Waals surface area contributed by atoms with Crippen molar-refractivity contribution in [1.82, 2.24) is 34.4 Å². The monoisotopic (exact) mass is 464 g/mol. The van der Waals surface area contributed by atoms with Crippen molar-refractivity contribution in [3.8, 4) is 11.3 Å². The Morgan fingerprint density at radius 3 is 2.62 bits per heavy atom. The molecule has 1 saturated heterocycles. The van der Waals surface area contributed by atoms with Gasteiger partial charge in [0.2, 0.25) is 11.9 Å². The number of rotatable bonds is 6. The molecule has 4 heterocycles. The molecule has 3 N–H and O–H groups in total. The van der Waals surface area contributed by atoms with Gasteiger partial charge in [-0.15, -0.1) is 0 Å². The van der Waals surface area contributed by atoms with E-state index in [1.807, 2.05) is 22.8 Å². The minimum Gasteiger partial charge on any atom is -0.396 e. The van der Waals surface area contributed by atoms with Crippen LogP contribution in [0.5, 0.6) is 0 Å². The largest absolute Gasteiger partial charge is 0.396 e. The van der Waals surface area contributed by atoms with E-state index < -0.39 is 5.41 Å². The third-order valence-corrected chi connectivity index (χ3v) is 6.75. The highest BCUT2D eigenvalue weighted by molar-refractivity contribution is 5.91. The summed E-state index contributed by atoms with van der Waals surface area (Å²) in [7, 11) is 3.47. The minimum absolute atomic E-state index is 0.00377. The Bertz CT molecular complexity index is 1330. The van der Waals surface area contributed by atoms with Gasteiger partial charge in [-0.3, -0.25) is 4.79 Å². The van der Waals surface area contributed by atoms with Crippen LogP contribution in [0.4, 0.5) is 5.95 Å². The van der Waals surface area contributed by atoms with Gasteiger partial charge in [0.15, 0.2) is 5.65 Å². The molecule has 4 aromatic rings. The van der Waals surface area contributed by atoms with Crippen molar-refractivity contribution >= 4 is 34.1 Å². The molecule has 11 heteroatoms. The number of anilines is 1. The van der Waals surface area contributed by atoms with Gasteiger partial charge in [0.05, 0.1) is 36.9 Å². The van der Waals surface area contributed by atoms with Gasteiger partial charge in [0.25, 0.3) is 0 Å². The average molecular weight is 465 g/mol. The van der Waals surface area contributed by atoms with Gasteiger partial charge >= 0.3 is 0 Å². The fourth-order valence-electron chi connectivity index (χ4n) is 4.34. The number of aromatic nitrogens is 6. The summed E-state index contributed by atoms with van der Waals surface area (Å²) in [5.41, 5.74) is 4.09. The van der Waals surface area contributed by atoms with Crippen molar-refractivity contribution in [1.29, 1.82) is 0 Å². The number of H-pyrrole nitrogens is 1. The molecule has 0 aliphatic carbocycles. The zero-order valence-electron chi connectivity index (χ0n) is 19.3. The quantitative estimate of drug-likeness (QED) is 0.385. The first-order chi connectivity index (χ1) is 16.4. The van der Waals surface area contributed by atoms with Crippen molar-refractivity contribution in [2.24, 2.45) is 5.41 Å². The van der Waals surface area contributed by atoms with Crippen molar-refractivity contribution in [2.75, 3.05) is 45.3 Å². The van der Waals surface area contributed by atoms with E-state index in [1.54, 1.807) is 31.6 Å². The van der Waals surface area contributed by atoms with Gasteiger partial charge < -0.3 is 29.6 Å². The minimum atomic E-state index is -0.451. The number of nitrogens with zero attached hydrogens (tertiary/aromatic N) is 7. The summed E-state index contributed by atoms with van der Waals surface area (Å²) < 4.78 is 1.83. The van der Waals surface area contributed by atoms with Crippen LogP contribution >= 0.6 is 0 Å². The summed E-state index contributed by atoms with van der Waals surface area (Å²) in [5, 5.41) is 19.4. The maximum Gasteiger partial charge on any atom is 0.242 e. The number of aliphatic hydroxyl groups is 2. The lowest BCUT2D eigenvalue weighted by Crippen LogP contribution is -2.44. The van der Waals surface area contributed by atoms with Crippen LogP contribution in [0.2, 0.25) is 0 Å². The van der Waals surface area contributed by atoms with Crippen LogP contribution in [0.1, 0.15) is 12.8 Å². The zero-order chi connectivity index (χ0) is 23.9. The third kappa shape index (κ3) is 3.86. The lowest BCUT2D eigenvalue weighted by molar-refractivity contribution is -0.129.